The molecule has 0 radical (unpaired) electrons. The van der Waals surface area contributed by atoms with Gasteiger partial charge in [-0.3, -0.25) is 9.59 Å². The van der Waals surface area contributed by atoms with Crippen LogP contribution in [0, 0.1) is 6.92 Å². The SMILES string of the molecule is COc1ccc(C(O)=C2C(=O)C(=O)N(CCCN(C)C)[C@@H]2c2cccc(Br)c2)cc1C. The number of hydrogen-bond donors (Lipinski definition) is 1. The number of carbonyl (C=O) groups is 2. The molecule has 0 spiro atoms. The van der Waals surface area contributed by atoms with E-state index in [0.717, 1.165) is 22.1 Å². The Morgan fingerprint density at radius 2 is 1.94 bits per heavy atom. The summed E-state index contributed by atoms with van der Waals surface area (Å²) in [5.41, 5.74) is 2.18. The van der Waals surface area contributed by atoms with Crippen LogP contribution in [-0.2, 0) is 9.59 Å². The maximum Gasteiger partial charge on any atom is 0.295 e. The molecule has 1 aliphatic rings. The van der Waals surface area contributed by atoms with Crippen LogP contribution in [0.2, 0.25) is 0 Å². The van der Waals surface area contributed by atoms with Gasteiger partial charge in [0.05, 0.1) is 18.7 Å². The summed E-state index contributed by atoms with van der Waals surface area (Å²) in [5.74, 6) is -0.746. The normalized spacial score (nSPS) is 18.1. The molecular weight excluding hydrogens is 460 g/mol. The van der Waals surface area contributed by atoms with Gasteiger partial charge in [-0.05, 0) is 75.4 Å². The molecule has 0 aromatic heterocycles. The predicted octanol–water partition coefficient (Wildman–Crippen LogP) is 4.14. The van der Waals surface area contributed by atoms with Crippen molar-refractivity contribution in [2.24, 2.45) is 0 Å². The van der Waals surface area contributed by atoms with E-state index in [9.17, 15) is 14.7 Å². The average molecular weight is 487 g/mol. The van der Waals surface area contributed by atoms with Crippen LogP contribution in [0.5, 0.6) is 5.75 Å². The number of halogens is 1. The number of amides is 1. The number of Topliss-reactive ketones (excluding diaryl/α,β-unsaturated/α-hetero) is 1. The van der Waals surface area contributed by atoms with Crippen LogP contribution in [0.25, 0.3) is 5.76 Å². The molecule has 31 heavy (non-hydrogen) atoms. The van der Waals surface area contributed by atoms with Crippen LogP contribution >= 0.6 is 15.9 Å². The van der Waals surface area contributed by atoms with E-state index in [1.807, 2.05) is 50.2 Å². The molecule has 1 aliphatic heterocycles. The van der Waals surface area contributed by atoms with Gasteiger partial charge in [0.25, 0.3) is 11.7 Å². The maximum atomic E-state index is 13.0. The van der Waals surface area contributed by atoms with Crippen molar-refractivity contribution in [3.05, 3.63) is 69.2 Å². The molecule has 1 amide bonds. The van der Waals surface area contributed by atoms with Crippen molar-refractivity contribution in [3.63, 3.8) is 0 Å². The summed E-state index contributed by atoms with van der Waals surface area (Å²) in [6, 6.07) is 12.0. The molecule has 1 atom stereocenters. The zero-order valence-corrected chi connectivity index (χ0v) is 19.8. The highest BCUT2D eigenvalue weighted by Gasteiger charge is 2.45. The number of ether oxygens (including phenoxy) is 1. The monoisotopic (exact) mass is 486 g/mol. The molecule has 6 nitrogen and oxygen atoms in total. The smallest absolute Gasteiger partial charge is 0.295 e. The van der Waals surface area contributed by atoms with E-state index in [1.54, 1.807) is 30.2 Å². The molecule has 1 N–H and O–H groups in total. The fourth-order valence-corrected chi connectivity index (χ4v) is 4.29. The Balaban J connectivity index is 2.11. The second-order valence-corrected chi connectivity index (χ2v) is 8.80. The third-order valence-corrected chi connectivity index (χ3v) is 5.87. The first-order valence-electron chi connectivity index (χ1n) is 10.1. The highest BCUT2D eigenvalue weighted by molar-refractivity contribution is 9.10. The van der Waals surface area contributed by atoms with Gasteiger partial charge in [-0.2, -0.15) is 0 Å². The van der Waals surface area contributed by atoms with Crippen molar-refractivity contribution in [2.45, 2.75) is 19.4 Å². The van der Waals surface area contributed by atoms with Crippen molar-refractivity contribution in [1.29, 1.82) is 0 Å². The molecule has 1 fully saturated rings. The minimum Gasteiger partial charge on any atom is -0.507 e. The number of ketones is 1. The summed E-state index contributed by atoms with van der Waals surface area (Å²) in [7, 11) is 5.51. The number of methoxy groups -OCH3 is 1. The molecule has 0 aliphatic carbocycles. The van der Waals surface area contributed by atoms with E-state index in [2.05, 4.69) is 15.9 Å². The van der Waals surface area contributed by atoms with Gasteiger partial charge in [0.2, 0.25) is 0 Å². The van der Waals surface area contributed by atoms with E-state index in [-0.39, 0.29) is 11.3 Å². The lowest BCUT2D eigenvalue weighted by Crippen LogP contribution is -2.32. The number of nitrogens with zero attached hydrogens (tertiary/aromatic N) is 2. The van der Waals surface area contributed by atoms with Crippen molar-refractivity contribution < 1.29 is 19.4 Å². The van der Waals surface area contributed by atoms with Crippen LogP contribution in [0.1, 0.15) is 29.2 Å². The summed E-state index contributed by atoms with van der Waals surface area (Å²) in [5, 5.41) is 11.1. The van der Waals surface area contributed by atoms with Gasteiger partial charge in [-0.25, -0.2) is 0 Å². The number of rotatable bonds is 7. The largest absolute Gasteiger partial charge is 0.507 e. The van der Waals surface area contributed by atoms with Crippen LogP contribution in [0.4, 0.5) is 0 Å². The highest BCUT2D eigenvalue weighted by Crippen LogP contribution is 2.40. The summed E-state index contributed by atoms with van der Waals surface area (Å²) in [4.78, 5) is 29.6. The minimum absolute atomic E-state index is 0.109. The van der Waals surface area contributed by atoms with E-state index >= 15 is 0 Å². The third-order valence-electron chi connectivity index (χ3n) is 5.38. The Labute approximate surface area is 191 Å². The summed E-state index contributed by atoms with van der Waals surface area (Å²) in [6.07, 6.45) is 0.714. The van der Waals surface area contributed by atoms with Gasteiger partial charge < -0.3 is 19.6 Å². The zero-order valence-electron chi connectivity index (χ0n) is 18.2. The summed E-state index contributed by atoms with van der Waals surface area (Å²) in [6.45, 7) is 3.06. The van der Waals surface area contributed by atoms with Gasteiger partial charge in [0.1, 0.15) is 11.5 Å². The lowest BCUT2D eigenvalue weighted by Gasteiger charge is -2.26. The Kier molecular flexibility index (Phi) is 7.18. The van der Waals surface area contributed by atoms with Crippen LogP contribution in [0.3, 0.4) is 0 Å². The van der Waals surface area contributed by atoms with Gasteiger partial charge in [-0.15, -0.1) is 0 Å². The highest BCUT2D eigenvalue weighted by atomic mass is 79.9. The van der Waals surface area contributed by atoms with Gasteiger partial charge in [-0.1, -0.05) is 28.1 Å². The average Bonchev–Trinajstić information content (AvgIpc) is 2.98. The van der Waals surface area contributed by atoms with E-state index in [1.165, 1.54) is 0 Å². The molecule has 0 saturated carbocycles. The summed E-state index contributed by atoms with van der Waals surface area (Å²) >= 11 is 3.47. The minimum atomic E-state index is -0.666. The Morgan fingerprint density at radius 3 is 2.55 bits per heavy atom. The molecule has 2 aromatic carbocycles. The van der Waals surface area contributed by atoms with E-state index in [4.69, 9.17) is 4.74 Å². The fraction of sp³-hybridized carbons (Fsp3) is 0.333. The van der Waals surface area contributed by atoms with Crippen molar-refractivity contribution >= 4 is 33.4 Å². The number of likely N-dealkylation sites (tertiary alicyclic amines) is 1. The Morgan fingerprint density at radius 1 is 1.19 bits per heavy atom. The van der Waals surface area contributed by atoms with Gasteiger partial charge in [0, 0.05) is 16.6 Å². The second kappa shape index (κ2) is 9.66. The maximum absolute atomic E-state index is 13.0. The van der Waals surface area contributed by atoms with E-state index in [0.29, 0.717) is 24.3 Å². The predicted molar refractivity (Wildman–Crippen MR) is 124 cm³/mol. The molecule has 0 unspecified atom stereocenters. The number of hydrogen-bond acceptors (Lipinski definition) is 5. The van der Waals surface area contributed by atoms with Gasteiger partial charge in [0.15, 0.2) is 0 Å². The first-order chi connectivity index (χ1) is 14.7. The number of benzene rings is 2. The molecule has 164 valence electrons. The third kappa shape index (κ3) is 4.83. The molecule has 1 heterocycles. The molecule has 0 bridgehead atoms. The topological polar surface area (TPSA) is 70.1 Å². The van der Waals surface area contributed by atoms with Crippen molar-refractivity contribution in [1.82, 2.24) is 9.80 Å². The first-order valence-corrected chi connectivity index (χ1v) is 10.9. The first kappa shape index (κ1) is 23.0. The zero-order chi connectivity index (χ0) is 22.7. The Hall–Kier alpha value is -2.64. The number of carbonyl (C=O) groups excluding carboxylic acids is 2. The van der Waals surface area contributed by atoms with Crippen LogP contribution in [0.15, 0.2) is 52.5 Å². The van der Waals surface area contributed by atoms with Crippen molar-refractivity contribution in [3.8, 4) is 5.75 Å². The van der Waals surface area contributed by atoms with E-state index < -0.39 is 17.7 Å². The fourth-order valence-electron chi connectivity index (χ4n) is 3.87. The lowest BCUT2D eigenvalue weighted by atomic mass is 9.94. The van der Waals surface area contributed by atoms with Crippen molar-refractivity contribution in [2.75, 3.05) is 34.3 Å². The number of aliphatic hydroxyl groups is 1. The molecule has 1 saturated heterocycles. The van der Waals surface area contributed by atoms with Gasteiger partial charge >= 0.3 is 0 Å². The number of aryl methyl sites for hydroxylation is 1. The Bertz CT molecular complexity index is 1030. The van der Waals surface area contributed by atoms with Crippen LogP contribution < -0.4 is 4.74 Å². The molecule has 3 rings (SSSR count). The molecule has 7 heteroatoms. The number of aliphatic hydroxyl groups excluding tert-OH is 1. The standard InChI is InChI=1S/C24H27BrN2O4/c1-15-13-17(9-10-19(15)31-4)22(28)20-21(16-7-5-8-18(25)14-16)27(24(30)23(20)29)12-6-11-26(2)3/h5,7-10,13-14,21,28H,6,11-12H2,1-4H3/t21-/m1/s1. The molecular formula is C24H27BrN2O4. The quantitative estimate of drug-likeness (QED) is 0.361. The lowest BCUT2D eigenvalue weighted by molar-refractivity contribution is -0.139. The second-order valence-electron chi connectivity index (χ2n) is 7.89. The summed E-state index contributed by atoms with van der Waals surface area (Å²) < 4.78 is 6.13. The van der Waals surface area contributed by atoms with Crippen LogP contribution in [-0.4, -0.2) is 60.9 Å². The molecule has 2 aromatic rings.